The van der Waals surface area contributed by atoms with E-state index >= 15 is 0 Å². The maximum absolute atomic E-state index is 9.76. The molecule has 4 heteroatoms. The number of rotatable bonds is 4. The number of aryl methyl sites for hydroxylation is 2. The third-order valence-corrected chi connectivity index (χ3v) is 3.08. The standard InChI is InChI=1S/C14H15O3P/c1-11-5-3-7-13(9-11)16-18(15)17-14-8-4-6-12(2)10-14/h3-10,15H,1-2H3. The Balaban J connectivity index is 1.98. The molecule has 0 aliphatic carbocycles. The Morgan fingerprint density at radius 3 is 1.67 bits per heavy atom. The van der Waals surface area contributed by atoms with E-state index in [9.17, 15) is 4.89 Å². The van der Waals surface area contributed by atoms with Crippen molar-refractivity contribution in [2.45, 2.75) is 13.8 Å². The summed E-state index contributed by atoms with van der Waals surface area (Å²) in [6.45, 7) is 3.93. The monoisotopic (exact) mass is 262 g/mol. The van der Waals surface area contributed by atoms with Crippen LogP contribution in [0.25, 0.3) is 0 Å². The lowest BCUT2D eigenvalue weighted by atomic mass is 10.2. The fraction of sp³-hybridized carbons (Fsp3) is 0.143. The molecule has 2 rings (SSSR count). The zero-order chi connectivity index (χ0) is 13.0. The second kappa shape index (κ2) is 5.85. The predicted octanol–water partition coefficient (Wildman–Crippen LogP) is 3.98. The molecule has 18 heavy (non-hydrogen) atoms. The van der Waals surface area contributed by atoms with Gasteiger partial charge in [0.2, 0.25) is 0 Å². The molecular formula is C14H15O3P. The number of hydrogen-bond donors (Lipinski definition) is 1. The van der Waals surface area contributed by atoms with Gasteiger partial charge in [0.25, 0.3) is 0 Å². The van der Waals surface area contributed by atoms with Gasteiger partial charge >= 0.3 is 8.60 Å². The highest BCUT2D eigenvalue weighted by Crippen LogP contribution is 2.36. The van der Waals surface area contributed by atoms with Gasteiger partial charge in [0.05, 0.1) is 0 Å². The Bertz CT molecular complexity index is 480. The quantitative estimate of drug-likeness (QED) is 0.847. The molecule has 0 bridgehead atoms. The van der Waals surface area contributed by atoms with Crippen LogP contribution in [0.2, 0.25) is 0 Å². The average molecular weight is 262 g/mol. The summed E-state index contributed by atoms with van der Waals surface area (Å²) >= 11 is 0. The van der Waals surface area contributed by atoms with Gasteiger partial charge in [0, 0.05) is 0 Å². The van der Waals surface area contributed by atoms with Gasteiger partial charge in [0.15, 0.2) is 0 Å². The largest absolute Gasteiger partial charge is 0.460 e. The molecule has 0 saturated carbocycles. The minimum absolute atomic E-state index is 0.608. The van der Waals surface area contributed by atoms with Crippen molar-refractivity contribution in [3.05, 3.63) is 59.7 Å². The molecule has 3 nitrogen and oxygen atoms in total. The van der Waals surface area contributed by atoms with Crippen LogP contribution >= 0.6 is 8.60 Å². The van der Waals surface area contributed by atoms with E-state index in [2.05, 4.69) is 0 Å². The van der Waals surface area contributed by atoms with E-state index in [1.807, 2.05) is 50.2 Å². The molecule has 0 amide bonds. The summed E-state index contributed by atoms with van der Waals surface area (Å²) in [5.74, 6) is 1.22. The molecule has 2 aromatic rings. The van der Waals surface area contributed by atoms with Crippen LogP contribution in [0, 0.1) is 13.8 Å². The SMILES string of the molecule is Cc1cccc(OP(O)Oc2cccc(C)c2)c1. The third kappa shape index (κ3) is 3.73. The molecule has 94 valence electrons. The molecule has 0 aliphatic rings. The number of hydrogen-bond acceptors (Lipinski definition) is 3. The van der Waals surface area contributed by atoms with Crippen molar-refractivity contribution in [2.75, 3.05) is 0 Å². The van der Waals surface area contributed by atoms with Crippen LogP contribution in [-0.4, -0.2) is 4.89 Å². The van der Waals surface area contributed by atoms with Gasteiger partial charge in [-0.05, 0) is 49.2 Å². The van der Waals surface area contributed by atoms with Crippen LogP contribution in [-0.2, 0) is 0 Å². The highest BCUT2D eigenvalue weighted by atomic mass is 31.2. The van der Waals surface area contributed by atoms with E-state index in [1.165, 1.54) is 0 Å². The molecule has 0 unspecified atom stereocenters. The summed E-state index contributed by atoms with van der Waals surface area (Å²) < 4.78 is 10.7. The molecule has 0 saturated heterocycles. The molecule has 0 aliphatic heterocycles. The van der Waals surface area contributed by atoms with Gasteiger partial charge in [-0.25, -0.2) is 0 Å². The van der Waals surface area contributed by atoms with Gasteiger partial charge in [-0.1, -0.05) is 24.3 Å². The summed E-state index contributed by atoms with van der Waals surface area (Å²) in [5.41, 5.74) is 2.15. The molecule has 0 heterocycles. The van der Waals surface area contributed by atoms with Gasteiger partial charge < -0.3 is 13.9 Å². The molecule has 1 N–H and O–H groups in total. The molecule has 2 aromatic carbocycles. The highest BCUT2D eigenvalue weighted by molar-refractivity contribution is 7.41. The van der Waals surface area contributed by atoms with Gasteiger partial charge in [-0.3, -0.25) is 0 Å². The van der Waals surface area contributed by atoms with Crippen molar-refractivity contribution >= 4 is 8.60 Å². The molecule has 0 fully saturated rings. The molecule has 0 radical (unpaired) electrons. The smallest absolute Gasteiger partial charge is 0.418 e. The lowest BCUT2D eigenvalue weighted by Gasteiger charge is -2.12. The van der Waals surface area contributed by atoms with Crippen LogP contribution < -0.4 is 9.05 Å². The zero-order valence-corrected chi connectivity index (χ0v) is 11.2. The fourth-order valence-corrected chi connectivity index (χ4v) is 2.17. The Morgan fingerprint density at radius 2 is 1.28 bits per heavy atom. The van der Waals surface area contributed by atoms with Gasteiger partial charge in [0.1, 0.15) is 11.5 Å². The first-order chi connectivity index (χ1) is 8.63. The molecule has 0 aromatic heterocycles. The van der Waals surface area contributed by atoms with E-state index in [1.54, 1.807) is 12.1 Å². The topological polar surface area (TPSA) is 38.7 Å². The van der Waals surface area contributed by atoms with E-state index in [0.29, 0.717) is 11.5 Å². The van der Waals surface area contributed by atoms with Crippen molar-refractivity contribution in [3.8, 4) is 11.5 Å². The lowest BCUT2D eigenvalue weighted by Crippen LogP contribution is -1.94. The van der Waals surface area contributed by atoms with E-state index in [-0.39, 0.29) is 0 Å². The van der Waals surface area contributed by atoms with Crippen LogP contribution in [0.1, 0.15) is 11.1 Å². The van der Waals surface area contributed by atoms with E-state index < -0.39 is 8.60 Å². The Morgan fingerprint density at radius 1 is 0.833 bits per heavy atom. The minimum Gasteiger partial charge on any atom is -0.418 e. The summed E-state index contributed by atoms with van der Waals surface area (Å²) in [6, 6.07) is 15.0. The van der Waals surface area contributed by atoms with Crippen LogP contribution in [0.4, 0.5) is 0 Å². The maximum Gasteiger partial charge on any atom is 0.460 e. The first kappa shape index (κ1) is 12.9. The first-order valence-corrected chi connectivity index (χ1v) is 6.75. The lowest BCUT2D eigenvalue weighted by molar-refractivity contribution is 0.381. The second-order valence-corrected chi connectivity index (χ2v) is 4.89. The molecular weight excluding hydrogens is 247 g/mol. The van der Waals surface area contributed by atoms with Gasteiger partial charge in [-0.15, -0.1) is 0 Å². The zero-order valence-electron chi connectivity index (χ0n) is 10.3. The first-order valence-electron chi connectivity index (χ1n) is 5.62. The molecule has 0 atom stereocenters. The van der Waals surface area contributed by atoms with E-state index in [4.69, 9.17) is 9.05 Å². The van der Waals surface area contributed by atoms with Gasteiger partial charge in [-0.2, -0.15) is 0 Å². The van der Waals surface area contributed by atoms with Crippen LogP contribution in [0.3, 0.4) is 0 Å². The Labute approximate surface area is 108 Å². The normalized spacial score (nSPS) is 10.4. The maximum atomic E-state index is 9.76. The van der Waals surface area contributed by atoms with Crippen molar-refractivity contribution in [3.63, 3.8) is 0 Å². The Hall–Kier alpha value is -1.57. The van der Waals surface area contributed by atoms with Crippen molar-refractivity contribution < 1.29 is 13.9 Å². The van der Waals surface area contributed by atoms with Crippen molar-refractivity contribution in [2.24, 2.45) is 0 Å². The fourth-order valence-electron chi connectivity index (χ4n) is 1.54. The van der Waals surface area contributed by atoms with E-state index in [0.717, 1.165) is 11.1 Å². The second-order valence-electron chi connectivity index (χ2n) is 4.05. The summed E-state index contributed by atoms with van der Waals surface area (Å²) in [6.07, 6.45) is 0. The number of benzene rings is 2. The van der Waals surface area contributed by atoms with Crippen LogP contribution in [0.5, 0.6) is 11.5 Å². The summed E-state index contributed by atoms with van der Waals surface area (Å²) in [5, 5.41) is 0. The summed E-state index contributed by atoms with van der Waals surface area (Å²) in [7, 11) is -1.96. The molecule has 0 spiro atoms. The van der Waals surface area contributed by atoms with Crippen LogP contribution in [0.15, 0.2) is 48.5 Å². The third-order valence-electron chi connectivity index (χ3n) is 2.35. The van der Waals surface area contributed by atoms with Crippen molar-refractivity contribution in [1.82, 2.24) is 0 Å². The Kier molecular flexibility index (Phi) is 4.19. The average Bonchev–Trinajstić information content (AvgIpc) is 2.28. The van der Waals surface area contributed by atoms with Crippen molar-refractivity contribution in [1.29, 1.82) is 0 Å². The predicted molar refractivity (Wildman–Crippen MR) is 72.8 cm³/mol. The highest BCUT2D eigenvalue weighted by Gasteiger charge is 2.11. The summed E-state index contributed by atoms with van der Waals surface area (Å²) in [4.78, 5) is 9.76. The minimum atomic E-state index is -1.96.